The van der Waals surface area contributed by atoms with Gasteiger partial charge in [-0.05, 0) is 80.6 Å². The first-order valence-corrected chi connectivity index (χ1v) is 18.7. The lowest BCUT2D eigenvalue weighted by Gasteiger charge is -2.32. The maximum Gasteiger partial charge on any atom is 0.247 e. The maximum atomic E-state index is 14.7. The highest BCUT2D eigenvalue weighted by Gasteiger charge is 2.34. The van der Waals surface area contributed by atoms with Crippen molar-refractivity contribution >= 4 is 69.6 Å². The number of benzene rings is 2. The van der Waals surface area contributed by atoms with E-state index >= 15 is 0 Å². The zero-order valence-electron chi connectivity index (χ0n) is 29.5. The molecule has 280 valence electrons. The monoisotopic (exact) mass is 759 g/mol. The first-order chi connectivity index (χ1) is 25.7. The van der Waals surface area contributed by atoms with E-state index in [0.717, 1.165) is 28.2 Å². The number of carbonyl (C=O) groups is 3. The molecule has 14 nitrogen and oxygen atoms in total. The fraction of sp³-hybridized carbons (Fsp3) is 0.351. The van der Waals surface area contributed by atoms with Crippen LogP contribution in [-0.4, -0.2) is 82.8 Å². The normalized spacial score (nSPS) is 19.0. The van der Waals surface area contributed by atoms with Gasteiger partial charge in [-0.25, -0.2) is 4.98 Å². The quantitative estimate of drug-likeness (QED) is 0.0483. The molecule has 16 heteroatoms. The lowest BCUT2D eigenvalue weighted by molar-refractivity contribution is -0.141. The van der Waals surface area contributed by atoms with Crippen LogP contribution in [0.4, 0.5) is 5.69 Å². The average Bonchev–Trinajstić information content (AvgIpc) is 3.57. The van der Waals surface area contributed by atoms with Gasteiger partial charge in [0.1, 0.15) is 22.8 Å². The molecule has 4 aromatic rings. The molecule has 1 aliphatic heterocycles. The number of hydrazone groups is 1. The van der Waals surface area contributed by atoms with E-state index in [1.165, 1.54) is 16.7 Å². The zero-order valence-corrected chi connectivity index (χ0v) is 31.1. The first-order valence-electron chi connectivity index (χ1n) is 17.5. The summed E-state index contributed by atoms with van der Waals surface area (Å²) in [6, 6.07) is 12.0. The Morgan fingerprint density at radius 2 is 1.83 bits per heavy atom. The predicted octanol–water partition coefficient (Wildman–Crippen LogP) is 3.51. The number of rotatable bonds is 11. The van der Waals surface area contributed by atoms with Crippen LogP contribution in [-0.2, 0) is 27.3 Å². The topological polar surface area (TPSA) is 233 Å². The van der Waals surface area contributed by atoms with Crippen molar-refractivity contribution in [2.75, 3.05) is 25.5 Å². The van der Waals surface area contributed by atoms with Gasteiger partial charge in [-0.15, -0.1) is 0 Å². The average molecular weight is 760 g/mol. The van der Waals surface area contributed by atoms with Crippen LogP contribution in [0.15, 0.2) is 75.9 Å². The highest BCUT2D eigenvalue weighted by atomic mass is 35.5. The van der Waals surface area contributed by atoms with Crippen molar-refractivity contribution in [2.24, 2.45) is 22.4 Å². The largest absolute Gasteiger partial charge is 0.361 e. The van der Waals surface area contributed by atoms with Gasteiger partial charge in [0.15, 0.2) is 0 Å². The number of anilines is 1. The van der Waals surface area contributed by atoms with Crippen molar-refractivity contribution in [3.8, 4) is 0 Å². The van der Waals surface area contributed by atoms with Crippen LogP contribution >= 0.6 is 23.4 Å². The van der Waals surface area contributed by atoms with Gasteiger partial charge in [0.2, 0.25) is 17.7 Å². The highest BCUT2D eigenvalue weighted by Crippen LogP contribution is 2.41. The molecule has 0 saturated heterocycles. The number of likely N-dealkylation sites (N-methyl/N-ethyl adjacent to an activating group) is 1. The van der Waals surface area contributed by atoms with Gasteiger partial charge < -0.3 is 48.6 Å². The summed E-state index contributed by atoms with van der Waals surface area (Å²) < 4.78 is 0. The second kappa shape index (κ2) is 18.8. The Labute approximate surface area is 317 Å². The van der Waals surface area contributed by atoms with Gasteiger partial charge in [0.25, 0.3) is 0 Å². The number of para-hydroxylation sites is 1. The van der Waals surface area contributed by atoms with Gasteiger partial charge in [-0.3, -0.25) is 14.4 Å². The molecule has 0 aliphatic carbocycles. The first kappa shape index (κ1) is 39.4. The van der Waals surface area contributed by atoms with E-state index in [1.807, 2.05) is 36.5 Å². The Morgan fingerprint density at radius 3 is 2.58 bits per heavy atom. The molecule has 53 heavy (non-hydrogen) atoms. The molecule has 0 radical (unpaired) electrons. The van der Waals surface area contributed by atoms with Gasteiger partial charge >= 0.3 is 0 Å². The molecule has 3 atom stereocenters. The third kappa shape index (κ3) is 9.60. The minimum atomic E-state index is -1.04. The molecular weight excluding hydrogens is 714 g/mol. The molecule has 2 aromatic heterocycles. The van der Waals surface area contributed by atoms with Crippen LogP contribution in [0.25, 0.3) is 10.9 Å². The van der Waals surface area contributed by atoms with E-state index in [2.05, 4.69) is 31.0 Å². The Balaban J connectivity index is 1.66. The Morgan fingerprint density at radius 1 is 1.06 bits per heavy atom. The number of unbranched alkanes of at least 4 members (excludes halogenated alkanes) is 1. The Kier molecular flexibility index (Phi) is 14.0. The van der Waals surface area contributed by atoms with E-state index < -0.39 is 29.9 Å². The van der Waals surface area contributed by atoms with E-state index in [-0.39, 0.29) is 29.6 Å². The van der Waals surface area contributed by atoms with Crippen LogP contribution in [0.2, 0.25) is 5.02 Å². The van der Waals surface area contributed by atoms with Crippen LogP contribution < -0.4 is 33.3 Å². The summed E-state index contributed by atoms with van der Waals surface area (Å²) in [6.07, 6.45) is 7.22. The second-order valence-electron chi connectivity index (χ2n) is 12.8. The minimum Gasteiger partial charge on any atom is -0.361 e. The number of hydrogen-bond donors (Lipinski definition) is 8. The molecule has 0 fully saturated rings. The van der Waals surface area contributed by atoms with Gasteiger partial charge in [0, 0.05) is 55.1 Å². The standard InChI is InChI=1S/C37H46ClN11O3S/c1-49-32(18-24-21-44-27-10-3-2-9-25(24)27)35(51)47-30-17-23(31(19-41)48-42)16-26(38)33(30)53-36-22(8-7-15-43-36)20-45-28(12-6-14-40)34(50)46-29(37(49)52)11-4-5-13-39/h2-3,7-10,15-17,19,21,28-29,32,41,44-45H,4-6,11-14,18,20,39-40,42H2,1H3,(H,46,50)(H,47,51)/b41-19?,48-31+. The highest BCUT2D eigenvalue weighted by molar-refractivity contribution is 7.99. The number of aromatic amines is 1. The summed E-state index contributed by atoms with van der Waals surface area (Å²) in [6.45, 7) is 1.09. The molecule has 1 aliphatic rings. The molecule has 3 heterocycles. The smallest absolute Gasteiger partial charge is 0.247 e. The van der Waals surface area contributed by atoms with Crippen LogP contribution in [0.5, 0.6) is 0 Å². The molecular formula is C37H46ClN11O3S. The van der Waals surface area contributed by atoms with Crippen LogP contribution in [0.1, 0.15) is 48.8 Å². The second-order valence-corrected chi connectivity index (χ2v) is 14.2. The van der Waals surface area contributed by atoms with Crippen LogP contribution in [0.3, 0.4) is 0 Å². The number of halogens is 1. The molecule has 11 N–H and O–H groups in total. The molecule has 0 spiro atoms. The molecule has 2 aromatic carbocycles. The molecule has 0 bridgehead atoms. The lowest BCUT2D eigenvalue weighted by atomic mass is 10.0. The molecule has 3 amide bonds. The number of carbonyl (C=O) groups excluding carboxylic acids is 3. The van der Waals surface area contributed by atoms with E-state index in [1.54, 1.807) is 31.4 Å². The number of nitrogens with two attached hydrogens (primary N) is 3. The number of pyridine rings is 1. The van der Waals surface area contributed by atoms with Gasteiger partial charge in [-0.2, -0.15) is 5.10 Å². The molecule has 3 unspecified atom stereocenters. The third-order valence-corrected chi connectivity index (χ3v) is 10.9. The van der Waals surface area contributed by atoms with Gasteiger partial charge in [-0.1, -0.05) is 47.6 Å². The fourth-order valence-electron chi connectivity index (χ4n) is 6.31. The Bertz CT molecular complexity index is 1970. The van der Waals surface area contributed by atoms with Gasteiger partial charge in [0.05, 0.1) is 21.6 Å². The summed E-state index contributed by atoms with van der Waals surface area (Å²) >= 11 is 8.18. The number of H-pyrrole nitrogens is 1. The summed E-state index contributed by atoms with van der Waals surface area (Å²) in [4.78, 5) is 52.9. The molecule has 0 saturated carbocycles. The number of aromatic nitrogens is 2. The van der Waals surface area contributed by atoms with Crippen molar-refractivity contribution in [3.05, 3.63) is 82.6 Å². The number of hydrogen-bond acceptors (Lipinski definition) is 11. The lowest BCUT2D eigenvalue weighted by Crippen LogP contribution is -2.56. The summed E-state index contributed by atoms with van der Waals surface area (Å²) in [5.74, 6) is 4.35. The summed E-state index contributed by atoms with van der Waals surface area (Å²) in [7, 11) is 1.57. The minimum absolute atomic E-state index is 0.144. The number of fused-ring (bicyclic) bond motifs is 3. The van der Waals surface area contributed by atoms with Crippen molar-refractivity contribution in [1.82, 2.24) is 25.5 Å². The maximum absolute atomic E-state index is 14.7. The van der Waals surface area contributed by atoms with E-state index in [0.29, 0.717) is 66.4 Å². The zero-order chi connectivity index (χ0) is 37.9. The SMILES string of the molecule is CN1C(=O)C(CCCCN)NC(=O)C(CCCN)NCc2cccnc2Sc2c(Cl)cc(/C(C=N)=N/N)cc2NC(=O)C1Cc1c[nH]c2ccccc12. The van der Waals surface area contributed by atoms with Crippen LogP contribution in [0, 0.1) is 5.41 Å². The fourth-order valence-corrected chi connectivity index (χ4v) is 7.60. The number of nitrogens with one attached hydrogen (secondary N) is 5. The van der Waals surface area contributed by atoms with Crippen molar-refractivity contribution in [2.45, 2.75) is 73.1 Å². The van der Waals surface area contributed by atoms with E-state index in [4.69, 9.17) is 34.3 Å². The Hall–Kier alpha value is -4.80. The number of nitrogens with zero attached hydrogens (tertiary/aromatic N) is 3. The van der Waals surface area contributed by atoms with E-state index in [9.17, 15) is 14.4 Å². The van der Waals surface area contributed by atoms with Crippen molar-refractivity contribution in [1.29, 1.82) is 5.41 Å². The summed E-state index contributed by atoms with van der Waals surface area (Å²) in [5, 5.41) is 22.8. The van der Waals surface area contributed by atoms with Crippen molar-refractivity contribution < 1.29 is 14.4 Å². The summed E-state index contributed by atoms with van der Waals surface area (Å²) in [5.41, 5.74) is 15.0. The number of amides is 3. The third-order valence-electron chi connectivity index (χ3n) is 9.24. The van der Waals surface area contributed by atoms with Crippen molar-refractivity contribution in [3.63, 3.8) is 0 Å². The predicted molar refractivity (Wildman–Crippen MR) is 210 cm³/mol. The molecule has 5 rings (SSSR count).